The molecule has 0 radical (unpaired) electrons. The van der Waals surface area contributed by atoms with Crippen LogP contribution < -0.4 is 10.6 Å². The van der Waals surface area contributed by atoms with Crippen molar-refractivity contribution in [1.82, 2.24) is 5.32 Å². The molecule has 1 aliphatic heterocycles. The normalized spacial score (nSPS) is 31.2. The molecule has 114 valence electrons. The second-order valence-corrected chi connectivity index (χ2v) is 7.50. The monoisotopic (exact) mass is 284 g/mol. The van der Waals surface area contributed by atoms with Gasteiger partial charge < -0.3 is 10.6 Å². The Bertz CT molecular complexity index is 510. The van der Waals surface area contributed by atoms with Crippen LogP contribution in [0.25, 0.3) is 0 Å². The summed E-state index contributed by atoms with van der Waals surface area (Å²) in [6.07, 6.45) is 8.38. The van der Waals surface area contributed by atoms with E-state index in [0.29, 0.717) is 6.04 Å². The summed E-state index contributed by atoms with van der Waals surface area (Å²) in [5.74, 6) is 3.05. The fraction of sp³-hybridized carbons (Fsp3) is 0.684. The molecule has 2 N–H and O–H groups in total. The number of rotatable bonds is 5. The van der Waals surface area contributed by atoms with E-state index in [9.17, 15) is 0 Å². The zero-order chi connectivity index (χ0) is 14.2. The van der Waals surface area contributed by atoms with Crippen LogP contribution in [0.3, 0.4) is 0 Å². The van der Waals surface area contributed by atoms with E-state index >= 15 is 0 Å². The molecule has 4 atom stereocenters. The van der Waals surface area contributed by atoms with Crippen molar-refractivity contribution >= 4 is 5.69 Å². The van der Waals surface area contributed by atoms with Crippen molar-refractivity contribution < 1.29 is 0 Å². The van der Waals surface area contributed by atoms with Gasteiger partial charge in [0.05, 0.1) is 0 Å². The van der Waals surface area contributed by atoms with Crippen molar-refractivity contribution in [2.45, 2.75) is 51.5 Å². The Morgan fingerprint density at radius 3 is 3.05 bits per heavy atom. The van der Waals surface area contributed by atoms with E-state index in [0.717, 1.165) is 30.8 Å². The van der Waals surface area contributed by atoms with Crippen LogP contribution >= 0.6 is 0 Å². The van der Waals surface area contributed by atoms with Gasteiger partial charge in [0.1, 0.15) is 0 Å². The van der Waals surface area contributed by atoms with Gasteiger partial charge in [-0.15, -0.1) is 0 Å². The van der Waals surface area contributed by atoms with Crippen LogP contribution in [0.2, 0.25) is 0 Å². The van der Waals surface area contributed by atoms with Crippen molar-refractivity contribution in [3.8, 4) is 0 Å². The molecule has 0 spiro atoms. The van der Waals surface area contributed by atoms with Crippen molar-refractivity contribution in [3.63, 3.8) is 0 Å². The fourth-order valence-corrected chi connectivity index (χ4v) is 5.02. The van der Waals surface area contributed by atoms with E-state index in [1.165, 1.54) is 55.3 Å². The first-order chi connectivity index (χ1) is 10.3. The van der Waals surface area contributed by atoms with Crippen LogP contribution in [0.4, 0.5) is 5.69 Å². The van der Waals surface area contributed by atoms with E-state index in [-0.39, 0.29) is 0 Å². The molecular weight excluding hydrogens is 256 g/mol. The van der Waals surface area contributed by atoms with E-state index in [1.807, 2.05) is 0 Å². The smallest absolute Gasteiger partial charge is 0.0373 e. The molecular formula is C19H28N2. The van der Waals surface area contributed by atoms with E-state index < -0.39 is 0 Å². The predicted molar refractivity (Wildman–Crippen MR) is 88.7 cm³/mol. The first kappa shape index (κ1) is 13.6. The maximum absolute atomic E-state index is 3.81. The molecule has 0 aromatic heterocycles. The number of nitrogens with one attached hydrogen (secondary N) is 2. The molecule has 0 saturated heterocycles. The van der Waals surface area contributed by atoms with Gasteiger partial charge in [-0.1, -0.05) is 18.6 Å². The standard InChI is InChI=1S/C19H28N2/c1-13(18-12-15-2-4-16(18)11-15)20-8-6-14-3-5-19-17(10-14)7-9-21-19/h3,5,10,13,15-16,18,20-21H,2,4,6-9,11-12H2,1H3. The molecule has 1 aromatic carbocycles. The van der Waals surface area contributed by atoms with Crippen LogP contribution in [0.5, 0.6) is 0 Å². The van der Waals surface area contributed by atoms with E-state index in [4.69, 9.17) is 0 Å². The highest BCUT2D eigenvalue weighted by Gasteiger charge is 2.41. The SMILES string of the molecule is CC(NCCc1ccc2c(c1)CCN2)C1CC2CCC1C2. The minimum Gasteiger partial charge on any atom is -0.384 e. The highest BCUT2D eigenvalue weighted by atomic mass is 14.9. The van der Waals surface area contributed by atoms with Gasteiger partial charge in [-0.3, -0.25) is 0 Å². The van der Waals surface area contributed by atoms with Gasteiger partial charge in [-0.25, -0.2) is 0 Å². The molecule has 3 aliphatic rings. The van der Waals surface area contributed by atoms with Gasteiger partial charge in [-0.2, -0.15) is 0 Å². The Labute approximate surface area is 128 Å². The fourth-order valence-electron chi connectivity index (χ4n) is 5.02. The lowest BCUT2D eigenvalue weighted by Gasteiger charge is -2.28. The lowest BCUT2D eigenvalue weighted by Crippen LogP contribution is -2.37. The molecule has 4 unspecified atom stereocenters. The zero-order valence-corrected chi connectivity index (χ0v) is 13.2. The summed E-state index contributed by atoms with van der Waals surface area (Å²) >= 11 is 0. The summed E-state index contributed by atoms with van der Waals surface area (Å²) < 4.78 is 0. The van der Waals surface area contributed by atoms with Gasteiger partial charge >= 0.3 is 0 Å². The molecule has 2 bridgehead atoms. The minimum absolute atomic E-state index is 0.705. The maximum Gasteiger partial charge on any atom is 0.0373 e. The Kier molecular flexibility index (Phi) is 3.66. The lowest BCUT2D eigenvalue weighted by atomic mass is 9.84. The summed E-state index contributed by atoms with van der Waals surface area (Å²) in [6.45, 7) is 4.65. The third-order valence-corrected chi connectivity index (χ3v) is 6.19. The molecule has 2 fully saturated rings. The molecule has 1 aromatic rings. The summed E-state index contributed by atoms with van der Waals surface area (Å²) in [7, 11) is 0. The molecule has 0 amide bonds. The molecule has 1 heterocycles. The van der Waals surface area contributed by atoms with E-state index in [1.54, 1.807) is 0 Å². The highest BCUT2D eigenvalue weighted by molar-refractivity contribution is 5.56. The molecule has 21 heavy (non-hydrogen) atoms. The summed E-state index contributed by atoms with van der Waals surface area (Å²) in [6, 6.07) is 7.66. The largest absolute Gasteiger partial charge is 0.384 e. The lowest BCUT2D eigenvalue weighted by molar-refractivity contribution is 0.261. The van der Waals surface area contributed by atoms with Crippen LogP contribution in [-0.2, 0) is 12.8 Å². The van der Waals surface area contributed by atoms with Gasteiger partial charge in [0.2, 0.25) is 0 Å². The van der Waals surface area contributed by atoms with Crippen molar-refractivity contribution in [3.05, 3.63) is 29.3 Å². The molecule has 4 rings (SSSR count). The van der Waals surface area contributed by atoms with Crippen molar-refractivity contribution in [2.75, 3.05) is 18.4 Å². The summed E-state index contributed by atoms with van der Waals surface area (Å²) in [4.78, 5) is 0. The average Bonchev–Trinajstić information content (AvgIpc) is 3.22. The van der Waals surface area contributed by atoms with Crippen LogP contribution in [0.15, 0.2) is 18.2 Å². The summed E-state index contributed by atoms with van der Waals surface area (Å²) in [5, 5.41) is 7.25. The number of hydrogen-bond donors (Lipinski definition) is 2. The Morgan fingerprint density at radius 2 is 2.24 bits per heavy atom. The topological polar surface area (TPSA) is 24.1 Å². The molecule has 2 heteroatoms. The van der Waals surface area contributed by atoms with Crippen LogP contribution in [0.1, 0.15) is 43.7 Å². The number of fused-ring (bicyclic) bond motifs is 3. The Hall–Kier alpha value is -1.02. The number of hydrogen-bond acceptors (Lipinski definition) is 2. The van der Waals surface area contributed by atoms with Gasteiger partial charge in [0.15, 0.2) is 0 Å². The average molecular weight is 284 g/mol. The van der Waals surface area contributed by atoms with Crippen LogP contribution in [0, 0.1) is 17.8 Å². The minimum atomic E-state index is 0.705. The Morgan fingerprint density at radius 1 is 1.29 bits per heavy atom. The second kappa shape index (κ2) is 5.64. The first-order valence-corrected chi connectivity index (χ1v) is 8.88. The summed E-state index contributed by atoms with van der Waals surface area (Å²) in [5.41, 5.74) is 4.35. The van der Waals surface area contributed by atoms with E-state index in [2.05, 4.69) is 35.8 Å². The van der Waals surface area contributed by atoms with Gasteiger partial charge in [-0.05, 0) is 80.5 Å². The third-order valence-electron chi connectivity index (χ3n) is 6.19. The van der Waals surface area contributed by atoms with Crippen molar-refractivity contribution in [1.29, 1.82) is 0 Å². The van der Waals surface area contributed by atoms with Crippen molar-refractivity contribution in [2.24, 2.45) is 17.8 Å². The van der Waals surface area contributed by atoms with Crippen LogP contribution in [-0.4, -0.2) is 19.1 Å². The van der Waals surface area contributed by atoms with Gasteiger partial charge in [0.25, 0.3) is 0 Å². The Balaban J connectivity index is 1.27. The third kappa shape index (κ3) is 2.70. The highest BCUT2D eigenvalue weighted by Crippen LogP contribution is 2.49. The maximum atomic E-state index is 3.81. The predicted octanol–water partition coefficient (Wildman–Crippen LogP) is 3.61. The molecule has 2 aliphatic carbocycles. The van der Waals surface area contributed by atoms with Gasteiger partial charge in [0, 0.05) is 18.3 Å². The number of benzene rings is 1. The zero-order valence-electron chi connectivity index (χ0n) is 13.2. The second-order valence-electron chi connectivity index (χ2n) is 7.50. The first-order valence-electron chi connectivity index (χ1n) is 8.88. The number of anilines is 1. The molecule has 2 saturated carbocycles. The quantitative estimate of drug-likeness (QED) is 0.863. The molecule has 2 nitrogen and oxygen atoms in total.